The average molecular weight is 192 g/mol. The summed E-state index contributed by atoms with van der Waals surface area (Å²) in [6.07, 6.45) is 1.68. The molecule has 0 spiro atoms. The monoisotopic (exact) mass is 192 g/mol. The fourth-order valence-electron chi connectivity index (χ4n) is 1.22. The Kier molecular flexibility index (Phi) is 3.65. The quantitative estimate of drug-likeness (QED) is 0.736. The molecule has 76 valence electrons. The first-order chi connectivity index (χ1) is 6.63. The number of anilines is 1. The molecule has 1 aromatic rings. The summed E-state index contributed by atoms with van der Waals surface area (Å²) in [4.78, 5) is 6.24. The van der Waals surface area contributed by atoms with Crippen LogP contribution in [0.4, 0.5) is 5.82 Å². The van der Waals surface area contributed by atoms with Crippen molar-refractivity contribution >= 4 is 5.82 Å². The van der Waals surface area contributed by atoms with Crippen molar-refractivity contribution < 1.29 is 5.11 Å². The lowest BCUT2D eigenvalue weighted by atomic mass is 10.3. The number of hydrogen-bond donors (Lipinski definition) is 1. The van der Waals surface area contributed by atoms with Gasteiger partial charge < -0.3 is 10.0 Å². The summed E-state index contributed by atoms with van der Waals surface area (Å²) in [5.41, 5.74) is 1.93. The van der Waals surface area contributed by atoms with Crippen LogP contribution in [-0.4, -0.2) is 23.7 Å². The van der Waals surface area contributed by atoms with Gasteiger partial charge in [-0.3, -0.25) is 0 Å². The SMILES string of the molecule is C=C(C)CN(C)c1ccc(CO)cn1. The average Bonchev–Trinajstić information content (AvgIpc) is 2.17. The Morgan fingerprint density at radius 1 is 1.57 bits per heavy atom. The van der Waals surface area contributed by atoms with Gasteiger partial charge in [-0.2, -0.15) is 0 Å². The molecule has 3 heteroatoms. The van der Waals surface area contributed by atoms with Crippen LogP contribution in [0.25, 0.3) is 0 Å². The van der Waals surface area contributed by atoms with E-state index in [1.807, 2.05) is 31.0 Å². The second kappa shape index (κ2) is 4.77. The maximum Gasteiger partial charge on any atom is 0.128 e. The fourth-order valence-corrected chi connectivity index (χ4v) is 1.22. The van der Waals surface area contributed by atoms with Gasteiger partial charge in [0.05, 0.1) is 6.61 Å². The molecule has 0 fully saturated rings. The number of likely N-dealkylation sites (N-methyl/N-ethyl adjacent to an activating group) is 1. The van der Waals surface area contributed by atoms with Crippen LogP contribution in [0.1, 0.15) is 12.5 Å². The number of aliphatic hydroxyl groups excluding tert-OH is 1. The van der Waals surface area contributed by atoms with E-state index in [0.717, 1.165) is 23.5 Å². The van der Waals surface area contributed by atoms with E-state index in [-0.39, 0.29) is 6.61 Å². The predicted octanol–water partition coefficient (Wildman–Crippen LogP) is 1.59. The number of aliphatic hydroxyl groups is 1. The minimum Gasteiger partial charge on any atom is -0.392 e. The van der Waals surface area contributed by atoms with Crippen molar-refractivity contribution in [3.05, 3.63) is 36.0 Å². The molecule has 1 N–H and O–H groups in total. The zero-order chi connectivity index (χ0) is 10.6. The molecular formula is C11H16N2O. The van der Waals surface area contributed by atoms with Crippen molar-refractivity contribution in [3.63, 3.8) is 0 Å². The molecular weight excluding hydrogens is 176 g/mol. The zero-order valence-electron chi connectivity index (χ0n) is 8.70. The van der Waals surface area contributed by atoms with Crippen molar-refractivity contribution in [2.45, 2.75) is 13.5 Å². The summed E-state index contributed by atoms with van der Waals surface area (Å²) >= 11 is 0. The van der Waals surface area contributed by atoms with E-state index in [1.165, 1.54) is 0 Å². The minimum absolute atomic E-state index is 0.0392. The molecule has 0 unspecified atom stereocenters. The highest BCUT2D eigenvalue weighted by Crippen LogP contribution is 2.10. The van der Waals surface area contributed by atoms with Crippen molar-refractivity contribution in [3.8, 4) is 0 Å². The normalized spacial score (nSPS) is 9.93. The molecule has 0 amide bonds. The zero-order valence-corrected chi connectivity index (χ0v) is 8.70. The molecule has 0 aliphatic rings. The Morgan fingerprint density at radius 3 is 2.71 bits per heavy atom. The van der Waals surface area contributed by atoms with Crippen LogP contribution in [0.2, 0.25) is 0 Å². The lowest BCUT2D eigenvalue weighted by Crippen LogP contribution is -2.20. The summed E-state index contributed by atoms with van der Waals surface area (Å²) in [7, 11) is 1.97. The van der Waals surface area contributed by atoms with Gasteiger partial charge in [0.1, 0.15) is 5.82 Å². The second-order valence-corrected chi connectivity index (χ2v) is 3.50. The summed E-state index contributed by atoms with van der Waals surface area (Å²) in [6.45, 7) is 6.67. The molecule has 1 heterocycles. The molecule has 0 aromatic carbocycles. The van der Waals surface area contributed by atoms with Gasteiger partial charge >= 0.3 is 0 Å². The van der Waals surface area contributed by atoms with Crippen molar-refractivity contribution in [2.75, 3.05) is 18.5 Å². The third kappa shape index (κ3) is 2.85. The number of hydrogen-bond acceptors (Lipinski definition) is 3. The fraction of sp³-hybridized carbons (Fsp3) is 0.364. The third-order valence-corrected chi connectivity index (χ3v) is 1.89. The Bertz CT molecular complexity index is 306. The molecule has 0 atom stereocenters. The van der Waals surface area contributed by atoms with Crippen molar-refractivity contribution in [1.82, 2.24) is 4.98 Å². The number of rotatable bonds is 4. The first-order valence-corrected chi connectivity index (χ1v) is 4.55. The summed E-state index contributed by atoms with van der Waals surface area (Å²) in [5, 5.41) is 8.84. The molecule has 0 bridgehead atoms. The van der Waals surface area contributed by atoms with Gasteiger partial charge in [-0.25, -0.2) is 4.98 Å². The van der Waals surface area contributed by atoms with Crippen LogP contribution in [0.5, 0.6) is 0 Å². The first kappa shape index (κ1) is 10.7. The Labute approximate surface area is 84.7 Å². The highest BCUT2D eigenvalue weighted by Gasteiger charge is 2.01. The van der Waals surface area contributed by atoms with Crippen molar-refractivity contribution in [2.24, 2.45) is 0 Å². The van der Waals surface area contributed by atoms with Gasteiger partial charge in [-0.1, -0.05) is 18.2 Å². The highest BCUT2D eigenvalue weighted by molar-refractivity contribution is 5.39. The van der Waals surface area contributed by atoms with E-state index in [0.29, 0.717) is 0 Å². The number of pyridine rings is 1. The summed E-state index contributed by atoms with van der Waals surface area (Å²) < 4.78 is 0. The molecule has 3 nitrogen and oxygen atoms in total. The Morgan fingerprint density at radius 2 is 2.29 bits per heavy atom. The van der Waals surface area contributed by atoms with Gasteiger partial charge in [0.2, 0.25) is 0 Å². The van der Waals surface area contributed by atoms with Crippen LogP contribution < -0.4 is 4.90 Å². The molecule has 0 radical (unpaired) electrons. The van der Waals surface area contributed by atoms with Crippen LogP contribution in [0.3, 0.4) is 0 Å². The molecule has 1 aromatic heterocycles. The smallest absolute Gasteiger partial charge is 0.128 e. The maximum atomic E-state index is 8.84. The van der Waals surface area contributed by atoms with Crippen LogP contribution >= 0.6 is 0 Å². The second-order valence-electron chi connectivity index (χ2n) is 3.50. The van der Waals surface area contributed by atoms with E-state index in [9.17, 15) is 0 Å². The summed E-state index contributed by atoms with van der Waals surface area (Å²) in [5.74, 6) is 0.894. The lowest BCUT2D eigenvalue weighted by molar-refractivity contribution is 0.281. The van der Waals surface area contributed by atoms with Gasteiger partial charge in [-0.15, -0.1) is 0 Å². The first-order valence-electron chi connectivity index (χ1n) is 4.55. The van der Waals surface area contributed by atoms with Gasteiger partial charge in [0, 0.05) is 19.8 Å². The third-order valence-electron chi connectivity index (χ3n) is 1.89. The van der Waals surface area contributed by atoms with Crippen LogP contribution in [0, 0.1) is 0 Å². The molecule has 0 saturated heterocycles. The topological polar surface area (TPSA) is 36.4 Å². The highest BCUT2D eigenvalue weighted by atomic mass is 16.3. The predicted molar refractivity (Wildman–Crippen MR) is 58.2 cm³/mol. The van der Waals surface area contributed by atoms with Gasteiger partial charge in [0.15, 0.2) is 0 Å². The molecule has 0 aliphatic carbocycles. The summed E-state index contributed by atoms with van der Waals surface area (Å²) in [6, 6.07) is 3.77. The minimum atomic E-state index is 0.0392. The Balaban J connectivity index is 2.71. The standard InChI is InChI=1S/C11H16N2O/c1-9(2)7-13(3)11-5-4-10(8-14)6-12-11/h4-6,14H,1,7-8H2,2-3H3. The van der Waals surface area contributed by atoms with E-state index in [1.54, 1.807) is 6.20 Å². The van der Waals surface area contributed by atoms with Crippen LogP contribution in [-0.2, 0) is 6.61 Å². The van der Waals surface area contributed by atoms with E-state index in [2.05, 4.69) is 11.6 Å². The lowest BCUT2D eigenvalue weighted by Gasteiger charge is -2.17. The number of nitrogens with zero attached hydrogens (tertiary/aromatic N) is 2. The maximum absolute atomic E-state index is 8.84. The molecule has 1 rings (SSSR count). The Hall–Kier alpha value is -1.35. The molecule has 14 heavy (non-hydrogen) atoms. The molecule has 0 saturated carbocycles. The van der Waals surface area contributed by atoms with E-state index >= 15 is 0 Å². The van der Waals surface area contributed by atoms with E-state index < -0.39 is 0 Å². The number of aromatic nitrogens is 1. The molecule has 0 aliphatic heterocycles. The van der Waals surface area contributed by atoms with Gasteiger partial charge in [-0.05, 0) is 18.6 Å². The van der Waals surface area contributed by atoms with Crippen LogP contribution in [0.15, 0.2) is 30.5 Å². The largest absolute Gasteiger partial charge is 0.392 e. The van der Waals surface area contributed by atoms with Crippen molar-refractivity contribution in [1.29, 1.82) is 0 Å². The van der Waals surface area contributed by atoms with E-state index in [4.69, 9.17) is 5.11 Å². The van der Waals surface area contributed by atoms with Gasteiger partial charge in [0.25, 0.3) is 0 Å².